The molecular weight excluding hydrogens is 118 g/mol. The summed E-state index contributed by atoms with van der Waals surface area (Å²) < 4.78 is 0.333. The summed E-state index contributed by atoms with van der Waals surface area (Å²) in [5.74, 6) is 0.806. The number of hydrogen-bond donors (Lipinski definition) is 1. The largest absolute Gasteiger partial charge is 0.424 e. The molecule has 1 aliphatic rings. The van der Waals surface area contributed by atoms with Crippen molar-refractivity contribution in [3.05, 3.63) is 0 Å². The van der Waals surface area contributed by atoms with Crippen LogP contribution in [-0.4, -0.2) is 30.4 Å². The molecule has 0 aromatic rings. The van der Waals surface area contributed by atoms with Crippen molar-refractivity contribution < 1.29 is 9.32 Å². The highest BCUT2D eigenvalue weighted by Crippen LogP contribution is 2.10. The molecule has 0 atom stereocenters. The third kappa shape index (κ3) is 0.712. The fraction of sp³-hybridized carbons (Fsp3) is 0.600. The lowest BCUT2D eigenvalue weighted by atomic mass is 10.5. The zero-order valence-corrected chi connectivity index (χ0v) is 5.80. The maximum absolute atomic E-state index is 7.22. The average molecular weight is 128 g/mol. The van der Waals surface area contributed by atoms with Gasteiger partial charge in [0, 0.05) is 6.92 Å². The zero-order valence-electron chi connectivity index (χ0n) is 5.80. The van der Waals surface area contributed by atoms with Crippen LogP contribution in [0.25, 0.3) is 0 Å². The van der Waals surface area contributed by atoms with E-state index in [0.29, 0.717) is 4.48 Å². The van der Waals surface area contributed by atoms with Gasteiger partial charge in [0.15, 0.2) is 0 Å². The molecule has 4 heteroatoms. The van der Waals surface area contributed by atoms with E-state index < -0.39 is 0 Å². The summed E-state index contributed by atoms with van der Waals surface area (Å²) in [6.07, 6.45) is 0. The third-order valence-corrected chi connectivity index (χ3v) is 1.58. The van der Waals surface area contributed by atoms with Crippen molar-refractivity contribution in [2.24, 2.45) is 5.16 Å². The van der Waals surface area contributed by atoms with Gasteiger partial charge >= 0.3 is 6.02 Å². The number of nitrogens with one attached hydrogen (secondary N) is 1. The van der Waals surface area contributed by atoms with Crippen LogP contribution in [0.1, 0.15) is 6.92 Å². The molecule has 1 N–H and O–H groups in total. The van der Waals surface area contributed by atoms with Crippen LogP contribution >= 0.6 is 0 Å². The average Bonchev–Trinajstić information content (AvgIpc) is 1.96. The fourth-order valence-corrected chi connectivity index (χ4v) is 0.460. The molecule has 0 aliphatic carbocycles. The third-order valence-electron chi connectivity index (χ3n) is 1.58. The minimum absolute atomic E-state index is 0.174. The molecule has 0 saturated heterocycles. The number of nitrogens with zero attached hydrogens (tertiary/aromatic N) is 2. The van der Waals surface area contributed by atoms with Crippen LogP contribution in [0.5, 0.6) is 0 Å². The van der Waals surface area contributed by atoms with Crippen LogP contribution in [0.2, 0.25) is 0 Å². The molecule has 0 aromatic carbocycles. The molecule has 0 amide bonds. The maximum atomic E-state index is 7.22. The number of hydrogen-bond acceptors (Lipinski definition) is 3. The molecule has 0 aromatic heterocycles. The summed E-state index contributed by atoms with van der Waals surface area (Å²) in [4.78, 5) is 4.62. The normalized spacial score (nSPS) is 23.4. The van der Waals surface area contributed by atoms with Crippen LogP contribution in [0.3, 0.4) is 0 Å². The van der Waals surface area contributed by atoms with E-state index in [9.17, 15) is 0 Å². The van der Waals surface area contributed by atoms with Crippen LogP contribution in [-0.2, 0) is 4.84 Å². The monoisotopic (exact) mass is 128 g/mol. The standard InChI is InChI=1S/C5H10N3O/c1-4-7-9-5(6)8(4,2)3/h6H,1-3H3/q+1. The van der Waals surface area contributed by atoms with Crippen LogP contribution in [0.15, 0.2) is 5.16 Å². The molecule has 0 bridgehead atoms. The number of oxime groups is 1. The lowest BCUT2D eigenvalue weighted by Crippen LogP contribution is -2.45. The SMILES string of the molecule is CC1=NOC(=N)[N+]1(C)C. The molecular formula is C5H10N3O+. The zero-order chi connectivity index (χ0) is 7.07. The topological polar surface area (TPSA) is 45.4 Å². The van der Waals surface area contributed by atoms with Gasteiger partial charge in [-0.2, -0.15) is 4.48 Å². The van der Waals surface area contributed by atoms with E-state index in [1.165, 1.54) is 0 Å². The number of amidine groups is 2. The first-order valence-electron chi connectivity index (χ1n) is 2.70. The highest BCUT2D eigenvalue weighted by molar-refractivity contribution is 5.86. The van der Waals surface area contributed by atoms with E-state index in [1.54, 1.807) is 0 Å². The van der Waals surface area contributed by atoms with Crippen molar-refractivity contribution in [2.45, 2.75) is 6.92 Å². The van der Waals surface area contributed by atoms with Crippen molar-refractivity contribution in [1.29, 1.82) is 5.41 Å². The molecule has 1 heterocycles. The van der Waals surface area contributed by atoms with Gasteiger partial charge < -0.3 is 0 Å². The Morgan fingerprint density at radius 3 is 2.22 bits per heavy atom. The summed E-state index contributed by atoms with van der Waals surface area (Å²) in [5, 5.41) is 10.9. The first kappa shape index (κ1) is 6.22. The van der Waals surface area contributed by atoms with Gasteiger partial charge in [0.2, 0.25) is 5.84 Å². The van der Waals surface area contributed by atoms with Gasteiger partial charge in [-0.1, -0.05) is 0 Å². The van der Waals surface area contributed by atoms with E-state index in [2.05, 4.69) is 9.99 Å². The Morgan fingerprint density at radius 2 is 2.11 bits per heavy atom. The van der Waals surface area contributed by atoms with E-state index >= 15 is 0 Å². The summed E-state index contributed by atoms with van der Waals surface area (Å²) in [6, 6.07) is 0.174. The lowest BCUT2D eigenvalue weighted by molar-refractivity contribution is -0.705. The summed E-state index contributed by atoms with van der Waals surface area (Å²) in [7, 11) is 3.71. The molecule has 0 fully saturated rings. The second-order valence-electron chi connectivity index (χ2n) is 2.49. The van der Waals surface area contributed by atoms with E-state index in [4.69, 9.17) is 5.41 Å². The highest BCUT2D eigenvalue weighted by atomic mass is 16.7. The van der Waals surface area contributed by atoms with Crippen molar-refractivity contribution in [3.63, 3.8) is 0 Å². The predicted octanol–water partition coefficient (Wildman–Crippen LogP) is 0.361. The molecule has 1 aliphatic heterocycles. The van der Waals surface area contributed by atoms with Crippen LogP contribution < -0.4 is 0 Å². The second-order valence-corrected chi connectivity index (χ2v) is 2.49. The van der Waals surface area contributed by atoms with E-state index in [1.807, 2.05) is 21.0 Å². The molecule has 9 heavy (non-hydrogen) atoms. The van der Waals surface area contributed by atoms with Crippen molar-refractivity contribution in [3.8, 4) is 0 Å². The van der Waals surface area contributed by atoms with E-state index in [0.717, 1.165) is 5.84 Å². The summed E-state index contributed by atoms with van der Waals surface area (Å²) in [6.45, 7) is 1.83. The number of quaternary nitrogens is 1. The first-order chi connectivity index (χ1) is 4.05. The van der Waals surface area contributed by atoms with Gasteiger partial charge in [-0.3, -0.25) is 4.84 Å². The van der Waals surface area contributed by atoms with Crippen molar-refractivity contribution in [1.82, 2.24) is 0 Å². The van der Waals surface area contributed by atoms with Gasteiger partial charge in [-0.25, -0.2) is 5.41 Å². The van der Waals surface area contributed by atoms with Crippen molar-refractivity contribution in [2.75, 3.05) is 14.1 Å². The molecule has 50 valence electrons. The minimum atomic E-state index is 0.174. The van der Waals surface area contributed by atoms with Gasteiger partial charge in [0.25, 0.3) is 0 Å². The van der Waals surface area contributed by atoms with Crippen LogP contribution in [0, 0.1) is 5.41 Å². The Balaban J connectivity index is 2.93. The Kier molecular flexibility index (Phi) is 1.06. The van der Waals surface area contributed by atoms with Gasteiger partial charge in [-0.15, -0.1) is 0 Å². The minimum Gasteiger partial charge on any atom is -0.279 e. The Morgan fingerprint density at radius 1 is 1.56 bits per heavy atom. The molecule has 0 radical (unpaired) electrons. The highest BCUT2D eigenvalue weighted by Gasteiger charge is 2.35. The van der Waals surface area contributed by atoms with Crippen LogP contribution in [0.4, 0.5) is 0 Å². The molecule has 0 saturated carbocycles. The molecule has 0 unspecified atom stereocenters. The van der Waals surface area contributed by atoms with Gasteiger partial charge in [0.1, 0.15) is 0 Å². The second kappa shape index (κ2) is 1.54. The van der Waals surface area contributed by atoms with Crippen molar-refractivity contribution >= 4 is 11.9 Å². The number of rotatable bonds is 0. The van der Waals surface area contributed by atoms with E-state index in [-0.39, 0.29) is 6.02 Å². The summed E-state index contributed by atoms with van der Waals surface area (Å²) >= 11 is 0. The Labute approximate surface area is 53.8 Å². The first-order valence-corrected chi connectivity index (χ1v) is 2.70. The lowest BCUT2D eigenvalue weighted by Gasteiger charge is -2.16. The molecule has 4 nitrogen and oxygen atoms in total. The fourth-order valence-electron chi connectivity index (χ4n) is 0.460. The summed E-state index contributed by atoms with van der Waals surface area (Å²) in [5.41, 5.74) is 0. The predicted molar refractivity (Wildman–Crippen MR) is 34.0 cm³/mol. The van der Waals surface area contributed by atoms with Gasteiger partial charge in [-0.05, 0) is 5.16 Å². The maximum Gasteiger partial charge on any atom is 0.424 e. The Hall–Kier alpha value is -0.900. The molecule has 0 spiro atoms. The van der Waals surface area contributed by atoms with Gasteiger partial charge in [0.05, 0.1) is 14.1 Å². The smallest absolute Gasteiger partial charge is 0.279 e. The molecule has 1 rings (SSSR count). The Bertz CT molecular complexity index is 183. The quantitative estimate of drug-likeness (QED) is 0.470.